The van der Waals surface area contributed by atoms with Gasteiger partial charge in [0.1, 0.15) is 17.7 Å². The number of aliphatic hydroxyl groups excluding tert-OH is 1. The summed E-state index contributed by atoms with van der Waals surface area (Å²) in [6, 6.07) is 7.99. The molecule has 0 fully saturated rings. The molecule has 0 amide bonds. The molecule has 3 nitrogen and oxygen atoms in total. The SMILES string of the molecule is OC(c1cc(F)cc(F)c1)c1ccc2nccnc2c1. The molecule has 1 aromatic heterocycles. The molecule has 0 saturated heterocycles. The van der Waals surface area contributed by atoms with E-state index in [4.69, 9.17) is 0 Å². The summed E-state index contributed by atoms with van der Waals surface area (Å²) in [6.45, 7) is 0. The maximum Gasteiger partial charge on any atom is 0.126 e. The first-order valence-corrected chi connectivity index (χ1v) is 5.98. The molecule has 0 spiro atoms. The molecule has 3 rings (SSSR count). The first-order chi connectivity index (χ1) is 9.63. The molecule has 0 radical (unpaired) electrons. The zero-order chi connectivity index (χ0) is 14.1. The fourth-order valence-corrected chi connectivity index (χ4v) is 2.08. The minimum atomic E-state index is -1.12. The van der Waals surface area contributed by atoms with Crippen molar-refractivity contribution < 1.29 is 13.9 Å². The van der Waals surface area contributed by atoms with E-state index in [1.165, 1.54) is 0 Å². The molecule has 5 heteroatoms. The molecule has 0 aliphatic rings. The van der Waals surface area contributed by atoms with E-state index in [9.17, 15) is 13.9 Å². The predicted octanol–water partition coefficient (Wildman–Crippen LogP) is 2.99. The molecule has 3 aromatic rings. The highest BCUT2D eigenvalue weighted by Crippen LogP contribution is 2.25. The van der Waals surface area contributed by atoms with Crippen molar-refractivity contribution in [2.24, 2.45) is 0 Å². The topological polar surface area (TPSA) is 46.0 Å². The minimum absolute atomic E-state index is 0.158. The van der Waals surface area contributed by atoms with Gasteiger partial charge in [-0.2, -0.15) is 0 Å². The van der Waals surface area contributed by atoms with Crippen molar-refractivity contribution in [2.45, 2.75) is 6.10 Å². The second-order valence-electron chi connectivity index (χ2n) is 4.41. The molecular weight excluding hydrogens is 262 g/mol. The zero-order valence-corrected chi connectivity index (χ0v) is 10.3. The molecule has 0 bridgehead atoms. The average molecular weight is 272 g/mol. The van der Waals surface area contributed by atoms with Crippen LogP contribution < -0.4 is 0 Å². The van der Waals surface area contributed by atoms with Crippen LogP contribution in [0, 0.1) is 11.6 Å². The summed E-state index contributed by atoms with van der Waals surface area (Å²) >= 11 is 0. The standard InChI is InChI=1S/C15H10F2N2O/c16-11-5-10(6-12(17)8-11)15(20)9-1-2-13-14(7-9)19-4-3-18-13/h1-8,15,20H. The van der Waals surface area contributed by atoms with Gasteiger partial charge in [0.2, 0.25) is 0 Å². The molecule has 100 valence electrons. The lowest BCUT2D eigenvalue weighted by Gasteiger charge is -2.12. The van der Waals surface area contributed by atoms with E-state index in [1.54, 1.807) is 30.6 Å². The van der Waals surface area contributed by atoms with Crippen LogP contribution in [0.1, 0.15) is 17.2 Å². The summed E-state index contributed by atoms with van der Waals surface area (Å²) < 4.78 is 26.4. The molecule has 20 heavy (non-hydrogen) atoms. The van der Waals surface area contributed by atoms with Gasteiger partial charge in [-0.3, -0.25) is 9.97 Å². The number of nitrogens with zero attached hydrogens (tertiary/aromatic N) is 2. The van der Waals surface area contributed by atoms with Gasteiger partial charge in [0.15, 0.2) is 0 Å². The number of fused-ring (bicyclic) bond motifs is 1. The van der Waals surface area contributed by atoms with Crippen LogP contribution in [0.3, 0.4) is 0 Å². The number of aromatic nitrogens is 2. The molecule has 1 unspecified atom stereocenters. The van der Waals surface area contributed by atoms with Crippen LogP contribution in [0.4, 0.5) is 8.78 Å². The summed E-state index contributed by atoms with van der Waals surface area (Å²) in [7, 11) is 0. The third-order valence-corrected chi connectivity index (χ3v) is 3.01. The normalized spacial score (nSPS) is 12.6. The van der Waals surface area contributed by atoms with Crippen LogP contribution >= 0.6 is 0 Å². The van der Waals surface area contributed by atoms with E-state index in [0.29, 0.717) is 16.6 Å². The Morgan fingerprint density at radius 3 is 2.15 bits per heavy atom. The van der Waals surface area contributed by atoms with Crippen LogP contribution in [0.15, 0.2) is 48.8 Å². The van der Waals surface area contributed by atoms with Gasteiger partial charge in [0.25, 0.3) is 0 Å². The van der Waals surface area contributed by atoms with Crippen molar-refractivity contribution in [2.75, 3.05) is 0 Å². The maximum absolute atomic E-state index is 13.2. The van der Waals surface area contributed by atoms with Crippen molar-refractivity contribution in [1.82, 2.24) is 9.97 Å². The monoisotopic (exact) mass is 272 g/mol. The van der Waals surface area contributed by atoms with Gasteiger partial charge in [-0.05, 0) is 35.4 Å². The third-order valence-electron chi connectivity index (χ3n) is 3.01. The molecule has 1 heterocycles. The summed E-state index contributed by atoms with van der Waals surface area (Å²) in [5.41, 5.74) is 1.96. The largest absolute Gasteiger partial charge is 0.384 e. The van der Waals surface area contributed by atoms with Gasteiger partial charge in [0, 0.05) is 18.5 Å². The summed E-state index contributed by atoms with van der Waals surface area (Å²) in [5, 5.41) is 10.2. The number of hydrogen-bond acceptors (Lipinski definition) is 3. The number of rotatable bonds is 2. The maximum atomic E-state index is 13.2. The van der Waals surface area contributed by atoms with Crippen LogP contribution in [-0.2, 0) is 0 Å². The lowest BCUT2D eigenvalue weighted by Crippen LogP contribution is -2.01. The average Bonchev–Trinajstić information content (AvgIpc) is 2.45. The number of aliphatic hydroxyl groups is 1. The Hall–Kier alpha value is -2.40. The lowest BCUT2D eigenvalue weighted by atomic mass is 10.0. The van der Waals surface area contributed by atoms with Crippen molar-refractivity contribution >= 4 is 11.0 Å². The summed E-state index contributed by atoms with van der Waals surface area (Å²) in [6.07, 6.45) is 1.99. The van der Waals surface area contributed by atoms with E-state index in [2.05, 4.69) is 9.97 Å². The highest BCUT2D eigenvalue weighted by Gasteiger charge is 2.13. The molecule has 0 aliphatic carbocycles. The van der Waals surface area contributed by atoms with E-state index in [-0.39, 0.29) is 5.56 Å². The Labute approximate surface area is 113 Å². The van der Waals surface area contributed by atoms with Crippen molar-refractivity contribution in [3.05, 3.63) is 71.6 Å². The Bertz CT molecular complexity index is 756. The van der Waals surface area contributed by atoms with Gasteiger partial charge < -0.3 is 5.11 Å². The minimum Gasteiger partial charge on any atom is -0.384 e. The predicted molar refractivity (Wildman–Crippen MR) is 70.0 cm³/mol. The highest BCUT2D eigenvalue weighted by atomic mass is 19.1. The van der Waals surface area contributed by atoms with E-state index >= 15 is 0 Å². The summed E-state index contributed by atoms with van der Waals surface area (Å²) in [5.74, 6) is -1.45. The zero-order valence-electron chi connectivity index (χ0n) is 10.3. The molecule has 1 atom stereocenters. The van der Waals surface area contributed by atoms with Crippen molar-refractivity contribution in [1.29, 1.82) is 0 Å². The van der Waals surface area contributed by atoms with Gasteiger partial charge in [0.05, 0.1) is 11.0 Å². The first kappa shape index (κ1) is 12.6. The third kappa shape index (κ3) is 2.35. The fraction of sp³-hybridized carbons (Fsp3) is 0.0667. The molecule has 0 saturated carbocycles. The fourth-order valence-electron chi connectivity index (χ4n) is 2.08. The molecular formula is C15H10F2N2O. The quantitative estimate of drug-likeness (QED) is 0.780. The van der Waals surface area contributed by atoms with E-state index in [1.807, 2.05) is 0 Å². The van der Waals surface area contributed by atoms with Crippen LogP contribution in [-0.4, -0.2) is 15.1 Å². The smallest absolute Gasteiger partial charge is 0.126 e. The lowest BCUT2D eigenvalue weighted by molar-refractivity contribution is 0.219. The van der Waals surface area contributed by atoms with Crippen LogP contribution in [0.25, 0.3) is 11.0 Å². The molecule has 2 aromatic carbocycles. The van der Waals surface area contributed by atoms with E-state index < -0.39 is 17.7 Å². The molecule has 0 aliphatic heterocycles. The first-order valence-electron chi connectivity index (χ1n) is 5.98. The van der Waals surface area contributed by atoms with Crippen LogP contribution in [0.2, 0.25) is 0 Å². The number of halogens is 2. The Balaban J connectivity index is 2.05. The number of benzene rings is 2. The molecule has 1 N–H and O–H groups in total. The van der Waals surface area contributed by atoms with Crippen molar-refractivity contribution in [3.8, 4) is 0 Å². The summed E-state index contributed by atoms with van der Waals surface area (Å²) in [4.78, 5) is 8.25. The van der Waals surface area contributed by atoms with Gasteiger partial charge in [-0.15, -0.1) is 0 Å². The van der Waals surface area contributed by atoms with Gasteiger partial charge in [-0.25, -0.2) is 8.78 Å². The second kappa shape index (κ2) is 4.94. The Kier molecular flexibility index (Phi) is 3.12. The Morgan fingerprint density at radius 2 is 1.45 bits per heavy atom. The highest BCUT2D eigenvalue weighted by molar-refractivity contribution is 5.74. The van der Waals surface area contributed by atoms with Gasteiger partial charge >= 0.3 is 0 Å². The van der Waals surface area contributed by atoms with Crippen LogP contribution in [0.5, 0.6) is 0 Å². The second-order valence-corrected chi connectivity index (χ2v) is 4.41. The number of hydrogen-bond donors (Lipinski definition) is 1. The van der Waals surface area contributed by atoms with E-state index in [0.717, 1.165) is 18.2 Å². The Morgan fingerprint density at radius 1 is 0.800 bits per heavy atom. The van der Waals surface area contributed by atoms with Gasteiger partial charge in [-0.1, -0.05) is 6.07 Å². The van der Waals surface area contributed by atoms with Crippen molar-refractivity contribution in [3.63, 3.8) is 0 Å².